The maximum atomic E-state index is 12.0. The van der Waals surface area contributed by atoms with Crippen molar-refractivity contribution in [1.82, 2.24) is 9.97 Å². The van der Waals surface area contributed by atoms with Gasteiger partial charge in [0.15, 0.2) is 0 Å². The molecule has 5 heteroatoms. The fourth-order valence-electron chi connectivity index (χ4n) is 1.99. The number of anilines is 2. The summed E-state index contributed by atoms with van der Waals surface area (Å²) in [5.41, 5.74) is 2.21. The number of nitrogens with zero attached hydrogens (tertiary/aromatic N) is 3. The van der Waals surface area contributed by atoms with Crippen LogP contribution in [0, 0.1) is 0 Å². The van der Waals surface area contributed by atoms with Crippen LogP contribution in [-0.4, -0.2) is 29.0 Å². The van der Waals surface area contributed by atoms with Crippen LogP contribution < -0.4 is 10.2 Å². The van der Waals surface area contributed by atoms with Crippen molar-refractivity contribution in [1.29, 1.82) is 0 Å². The van der Waals surface area contributed by atoms with E-state index < -0.39 is 0 Å². The number of hydrogen-bond donors (Lipinski definition) is 1. The Labute approximate surface area is 118 Å². The quantitative estimate of drug-likeness (QED) is 0.907. The number of aromatic nitrogens is 2. The zero-order valence-electron chi connectivity index (χ0n) is 11.7. The molecule has 0 bridgehead atoms. The van der Waals surface area contributed by atoms with Gasteiger partial charge < -0.3 is 10.2 Å². The molecular formula is C15H18N4O. The fourth-order valence-corrected chi connectivity index (χ4v) is 1.99. The number of rotatable bonds is 5. The number of benzene rings is 1. The average Bonchev–Trinajstić information content (AvgIpc) is 2.50. The van der Waals surface area contributed by atoms with Crippen molar-refractivity contribution in [3.05, 3.63) is 48.5 Å². The van der Waals surface area contributed by atoms with Crippen molar-refractivity contribution in [3.8, 4) is 0 Å². The van der Waals surface area contributed by atoms with Gasteiger partial charge in [0.2, 0.25) is 0 Å². The Balaban J connectivity index is 2.14. The summed E-state index contributed by atoms with van der Waals surface area (Å²) in [5.74, 6) is -0.232. The second-order valence-corrected chi connectivity index (χ2v) is 4.27. The van der Waals surface area contributed by atoms with E-state index in [-0.39, 0.29) is 5.91 Å². The normalized spacial score (nSPS) is 10.1. The minimum atomic E-state index is -0.232. The monoisotopic (exact) mass is 270 g/mol. The third-order valence-electron chi connectivity index (χ3n) is 3.05. The first-order chi connectivity index (χ1) is 9.74. The Morgan fingerprint density at radius 3 is 2.70 bits per heavy atom. The molecule has 5 nitrogen and oxygen atoms in total. The largest absolute Gasteiger partial charge is 0.372 e. The third-order valence-corrected chi connectivity index (χ3v) is 3.05. The minimum Gasteiger partial charge on any atom is -0.372 e. The van der Waals surface area contributed by atoms with Crippen LogP contribution in [0.1, 0.15) is 24.3 Å². The van der Waals surface area contributed by atoms with Gasteiger partial charge in [0, 0.05) is 30.7 Å². The summed E-state index contributed by atoms with van der Waals surface area (Å²) in [4.78, 5) is 22.0. The first kappa shape index (κ1) is 14.0. The highest BCUT2D eigenvalue weighted by Gasteiger charge is 2.08. The third kappa shape index (κ3) is 3.32. The summed E-state index contributed by atoms with van der Waals surface area (Å²) in [6.07, 6.45) is 2.91. The molecule has 2 rings (SSSR count). The fraction of sp³-hybridized carbons (Fsp3) is 0.267. The van der Waals surface area contributed by atoms with Crippen LogP contribution in [0.5, 0.6) is 0 Å². The van der Waals surface area contributed by atoms with E-state index in [9.17, 15) is 4.79 Å². The van der Waals surface area contributed by atoms with Gasteiger partial charge in [0.1, 0.15) is 12.0 Å². The van der Waals surface area contributed by atoms with Gasteiger partial charge in [-0.15, -0.1) is 0 Å². The van der Waals surface area contributed by atoms with Gasteiger partial charge in [-0.2, -0.15) is 0 Å². The van der Waals surface area contributed by atoms with Crippen molar-refractivity contribution in [3.63, 3.8) is 0 Å². The highest BCUT2D eigenvalue weighted by Crippen LogP contribution is 2.19. The first-order valence-corrected chi connectivity index (χ1v) is 6.67. The lowest BCUT2D eigenvalue weighted by Gasteiger charge is -2.21. The Morgan fingerprint density at radius 1 is 1.25 bits per heavy atom. The Kier molecular flexibility index (Phi) is 4.65. The topological polar surface area (TPSA) is 58.1 Å². The maximum absolute atomic E-state index is 12.0. The molecule has 2 aromatic rings. The molecule has 0 aliphatic rings. The standard InChI is InChI=1S/C15H18N4O/c1-3-19(4-2)13-7-5-6-12(10-13)18-15(20)14-8-9-16-11-17-14/h5-11H,3-4H2,1-2H3,(H,18,20). The highest BCUT2D eigenvalue weighted by atomic mass is 16.1. The summed E-state index contributed by atoms with van der Waals surface area (Å²) in [6, 6.07) is 9.39. The Morgan fingerprint density at radius 2 is 2.05 bits per heavy atom. The van der Waals surface area contributed by atoms with Crippen LogP contribution in [0.3, 0.4) is 0 Å². The molecule has 0 unspecified atom stereocenters. The number of carbonyl (C=O) groups is 1. The summed E-state index contributed by atoms with van der Waals surface area (Å²) in [7, 11) is 0. The van der Waals surface area contributed by atoms with Gasteiger partial charge in [-0.1, -0.05) is 6.07 Å². The molecule has 0 saturated carbocycles. The lowest BCUT2D eigenvalue weighted by molar-refractivity contribution is 0.102. The second-order valence-electron chi connectivity index (χ2n) is 4.27. The van der Waals surface area contributed by atoms with Crippen molar-refractivity contribution >= 4 is 17.3 Å². The van der Waals surface area contributed by atoms with Gasteiger partial charge in [-0.3, -0.25) is 4.79 Å². The van der Waals surface area contributed by atoms with Gasteiger partial charge in [-0.05, 0) is 38.1 Å². The summed E-state index contributed by atoms with van der Waals surface area (Å²) in [6.45, 7) is 6.07. The Hall–Kier alpha value is -2.43. The summed E-state index contributed by atoms with van der Waals surface area (Å²) < 4.78 is 0. The molecule has 1 aromatic carbocycles. The average molecular weight is 270 g/mol. The predicted molar refractivity (Wildman–Crippen MR) is 80.0 cm³/mol. The maximum Gasteiger partial charge on any atom is 0.274 e. The molecule has 0 saturated heterocycles. The van der Waals surface area contributed by atoms with E-state index >= 15 is 0 Å². The molecule has 0 aliphatic carbocycles. The first-order valence-electron chi connectivity index (χ1n) is 6.67. The number of amides is 1. The molecule has 20 heavy (non-hydrogen) atoms. The summed E-state index contributed by atoms with van der Waals surface area (Å²) in [5, 5.41) is 2.85. The molecule has 0 aliphatic heterocycles. The van der Waals surface area contributed by atoms with E-state index in [0.717, 1.165) is 24.5 Å². The zero-order valence-corrected chi connectivity index (χ0v) is 11.7. The van der Waals surface area contributed by atoms with E-state index in [4.69, 9.17) is 0 Å². The molecule has 0 atom stereocenters. The molecule has 1 N–H and O–H groups in total. The second kappa shape index (κ2) is 6.65. The van der Waals surface area contributed by atoms with Gasteiger partial charge in [0.05, 0.1) is 0 Å². The van der Waals surface area contributed by atoms with Crippen LogP contribution in [0.25, 0.3) is 0 Å². The molecular weight excluding hydrogens is 252 g/mol. The molecule has 0 fully saturated rings. The van der Waals surface area contributed by atoms with Crippen LogP contribution in [0.4, 0.5) is 11.4 Å². The molecule has 0 radical (unpaired) electrons. The van der Waals surface area contributed by atoms with E-state index in [2.05, 4.69) is 34.0 Å². The molecule has 1 amide bonds. The van der Waals surface area contributed by atoms with Gasteiger partial charge >= 0.3 is 0 Å². The van der Waals surface area contributed by atoms with Crippen molar-refractivity contribution in [2.24, 2.45) is 0 Å². The molecule has 104 valence electrons. The van der Waals surface area contributed by atoms with E-state index in [1.807, 2.05) is 24.3 Å². The smallest absolute Gasteiger partial charge is 0.274 e. The van der Waals surface area contributed by atoms with Gasteiger partial charge in [-0.25, -0.2) is 9.97 Å². The van der Waals surface area contributed by atoms with Crippen molar-refractivity contribution < 1.29 is 4.79 Å². The lowest BCUT2D eigenvalue weighted by Crippen LogP contribution is -2.22. The van der Waals surface area contributed by atoms with E-state index in [1.54, 1.807) is 12.3 Å². The number of hydrogen-bond acceptors (Lipinski definition) is 4. The van der Waals surface area contributed by atoms with Crippen LogP contribution >= 0.6 is 0 Å². The zero-order chi connectivity index (χ0) is 14.4. The predicted octanol–water partition coefficient (Wildman–Crippen LogP) is 2.58. The molecule has 1 heterocycles. The summed E-state index contributed by atoms with van der Waals surface area (Å²) >= 11 is 0. The van der Waals surface area contributed by atoms with Crippen molar-refractivity contribution in [2.75, 3.05) is 23.3 Å². The molecule has 0 spiro atoms. The minimum absolute atomic E-state index is 0.232. The molecule has 1 aromatic heterocycles. The number of carbonyl (C=O) groups excluding carboxylic acids is 1. The van der Waals surface area contributed by atoms with Crippen molar-refractivity contribution in [2.45, 2.75) is 13.8 Å². The van der Waals surface area contributed by atoms with Crippen LogP contribution in [-0.2, 0) is 0 Å². The van der Waals surface area contributed by atoms with E-state index in [0.29, 0.717) is 5.69 Å². The van der Waals surface area contributed by atoms with E-state index in [1.165, 1.54) is 6.33 Å². The van der Waals surface area contributed by atoms with Crippen LogP contribution in [0.15, 0.2) is 42.9 Å². The van der Waals surface area contributed by atoms with Crippen LogP contribution in [0.2, 0.25) is 0 Å². The number of nitrogens with one attached hydrogen (secondary N) is 1. The lowest BCUT2D eigenvalue weighted by atomic mass is 10.2. The van der Waals surface area contributed by atoms with Gasteiger partial charge in [0.25, 0.3) is 5.91 Å². The Bertz CT molecular complexity index is 567. The highest BCUT2D eigenvalue weighted by molar-refractivity contribution is 6.02. The SMILES string of the molecule is CCN(CC)c1cccc(NC(=O)c2ccncn2)c1.